The van der Waals surface area contributed by atoms with Gasteiger partial charge in [-0.25, -0.2) is 8.42 Å². The number of amides is 1. The Bertz CT molecular complexity index is 842. The highest BCUT2D eigenvalue weighted by atomic mass is 32.2. The number of rotatable bonds is 7. The summed E-state index contributed by atoms with van der Waals surface area (Å²) in [5.74, 6) is -0.403. The average molecular weight is 438 g/mol. The Morgan fingerprint density at radius 3 is 2.27 bits per heavy atom. The van der Waals surface area contributed by atoms with Gasteiger partial charge in [-0.3, -0.25) is 14.5 Å². The molecule has 1 amide bonds. The predicted octanol–water partition coefficient (Wildman–Crippen LogP) is 2.07. The molecule has 1 aromatic rings. The van der Waals surface area contributed by atoms with Crippen LogP contribution in [0.2, 0.25) is 0 Å². The second-order valence-corrected chi connectivity index (χ2v) is 9.80. The molecule has 0 bridgehead atoms. The van der Waals surface area contributed by atoms with Crippen LogP contribution in [0.4, 0.5) is 5.69 Å². The largest absolute Gasteiger partial charge is 0.466 e. The van der Waals surface area contributed by atoms with Crippen molar-refractivity contribution in [3.63, 3.8) is 0 Å². The minimum atomic E-state index is -3.46. The molecule has 2 fully saturated rings. The molecule has 166 valence electrons. The highest BCUT2D eigenvalue weighted by Gasteiger charge is 2.31. The van der Waals surface area contributed by atoms with Crippen molar-refractivity contribution in [2.45, 2.75) is 50.5 Å². The molecule has 2 aliphatic rings. The van der Waals surface area contributed by atoms with Gasteiger partial charge >= 0.3 is 5.97 Å². The third-order valence-electron chi connectivity index (χ3n) is 5.90. The van der Waals surface area contributed by atoms with Gasteiger partial charge in [0.2, 0.25) is 15.9 Å². The van der Waals surface area contributed by atoms with Crippen LogP contribution in [0.25, 0.3) is 0 Å². The first-order chi connectivity index (χ1) is 14.3. The van der Waals surface area contributed by atoms with E-state index >= 15 is 0 Å². The monoisotopic (exact) mass is 437 g/mol. The van der Waals surface area contributed by atoms with Crippen molar-refractivity contribution in [2.75, 3.05) is 38.1 Å². The van der Waals surface area contributed by atoms with E-state index in [0.717, 1.165) is 12.8 Å². The normalized spacial score (nSPS) is 20.1. The van der Waals surface area contributed by atoms with Gasteiger partial charge in [-0.2, -0.15) is 4.31 Å². The second-order valence-electron chi connectivity index (χ2n) is 7.86. The van der Waals surface area contributed by atoms with Crippen LogP contribution in [-0.4, -0.2) is 68.3 Å². The molecule has 3 rings (SSSR count). The van der Waals surface area contributed by atoms with Crippen LogP contribution < -0.4 is 5.32 Å². The predicted molar refractivity (Wildman–Crippen MR) is 113 cm³/mol. The molecule has 2 aliphatic heterocycles. The summed E-state index contributed by atoms with van der Waals surface area (Å²) in [6, 6.07) is 5.99. The van der Waals surface area contributed by atoms with E-state index in [4.69, 9.17) is 4.74 Å². The molecule has 1 unspecified atom stereocenters. The molecule has 0 saturated carbocycles. The summed E-state index contributed by atoms with van der Waals surface area (Å²) in [5.41, 5.74) is 0.564. The maximum absolute atomic E-state index is 12.6. The van der Waals surface area contributed by atoms with Crippen molar-refractivity contribution < 1.29 is 22.7 Å². The van der Waals surface area contributed by atoms with Crippen molar-refractivity contribution in [3.05, 3.63) is 24.3 Å². The van der Waals surface area contributed by atoms with E-state index in [1.807, 2.05) is 6.92 Å². The SMILES string of the molecule is CCOC(=O)C1CCN(C(C)C(=O)Nc2ccc(S(=O)(=O)N3CCCC3)cc2)CC1. The van der Waals surface area contributed by atoms with Gasteiger partial charge < -0.3 is 10.1 Å². The van der Waals surface area contributed by atoms with Gasteiger partial charge in [-0.15, -0.1) is 0 Å². The van der Waals surface area contributed by atoms with Gasteiger partial charge in [0.1, 0.15) is 0 Å². The number of hydrogen-bond acceptors (Lipinski definition) is 6. The molecule has 0 radical (unpaired) electrons. The van der Waals surface area contributed by atoms with Crippen LogP contribution in [-0.2, 0) is 24.3 Å². The minimum absolute atomic E-state index is 0.0958. The lowest BCUT2D eigenvalue weighted by Crippen LogP contribution is -2.47. The fraction of sp³-hybridized carbons (Fsp3) is 0.619. The number of sulfonamides is 1. The summed E-state index contributed by atoms with van der Waals surface area (Å²) in [5, 5.41) is 2.86. The van der Waals surface area contributed by atoms with Crippen LogP contribution in [0.15, 0.2) is 29.2 Å². The lowest BCUT2D eigenvalue weighted by Gasteiger charge is -2.34. The first-order valence-electron chi connectivity index (χ1n) is 10.6. The number of hydrogen-bond donors (Lipinski definition) is 1. The molecule has 1 aromatic carbocycles. The maximum atomic E-state index is 12.6. The molecule has 0 aromatic heterocycles. The third kappa shape index (κ3) is 5.19. The zero-order valence-electron chi connectivity index (χ0n) is 17.7. The van der Waals surface area contributed by atoms with Gasteiger partial charge in [0, 0.05) is 18.8 Å². The molecule has 0 spiro atoms. The first-order valence-corrected chi connectivity index (χ1v) is 12.1. The smallest absolute Gasteiger partial charge is 0.309 e. The third-order valence-corrected chi connectivity index (χ3v) is 7.81. The molecule has 0 aliphatic carbocycles. The minimum Gasteiger partial charge on any atom is -0.466 e. The Balaban J connectivity index is 1.54. The van der Waals surface area contributed by atoms with E-state index in [2.05, 4.69) is 10.2 Å². The number of benzene rings is 1. The molecule has 1 atom stereocenters. The summed E-state index contributed by atoms with van der Waals surface area (Å²) in [7, 11) is -3.46. The Morgan fingerprint density at radius 1 is 1.10 bits per heavy atom. The van der Waals surface area contributed by atoms with E-state index in [0.29, 0.717) is 51.3 Å². The standard InChI is InChI=1S/C21H31N3O5S/c1-3-29-21(26)17-10-14-23(15-11-17)16(2)20(25)22-18-6-8-19(9-7-18)30(27,28)24-12-4-5-13-24/h6-9,16-17H,3-5,10-15H2,1-2H3,(H,22,25). The summed E-state index contributed by atoms with van der Waals surface area (Å²) < 4.78 is 31.8. The topological polar surface area (TPSA) is 96.0 Å². The molecule has 8 nitrogen and oxygen atoms in total. The van der Waals surface area contributed by atoms with Gasteiger partial charge in [-0.1, -0.05) is 0 Å². The summed E-state index contributed by atoms with van der Waals surface area (Å²) >= 11 is 0. The number of likely N-dealkylation sites (tertiary alicyclic amines) is 1. The van der Waals surface area contributed by atoms with E-state index in [9.17, 15) is 18.0 Å². The number of nitrogens with zero attached hydrogens (tertiary/aromatic N) is 2. The summed E-state index contributed by atoms with van der Waals surface area (Å²) in [6.45, 7) is 6.46. The molecule has 1 N–H and O–H groups in total. The molecule has 9 heteroatoms. The molecule has 2 heterocycles. The van der Waals surface area contributed by atoms with Crippen molar-refractivity contribution in [2.24, 2.45) is 5.92 Å². The number of carbonyl (C=O) groups excluding carboxylic acids is 2. The van der Waals surface area contributed by atoms with Crippen LogP contribution in [0.5, 0.6) is 0 Å². The molecule has 30 heavy (non-hydrogen) atoms. The molecular weight excluding hydrogens is 406 g/mol. The quantitative estimate of drug-likeness (QED) is 0.656. The Morgan fingerprint density at radius 2 is 1.70 bits per heavy atom. The summed E-state index contributed by atoms with van der Waals surface area (Å²) in [4.78, 5) is 26.8. The lowest BCUT2D eigenvalue weighted by atomic mass is 9.96. The summed E-state index contributed by atoms with van der Waals surface area (Å²) in [6.07, 6.45) is 3.14. The highest BCUT2D eigenvalue weighted by Crippen LogP contribution is 2.23. The zero-order chi connectivity index (χ0) is 21.7. The highest BCUT2D eigenvalue weighted by molar-refractivity contribution is 7.89. The number of esters is 1. The number of nitrogens with one attached hydrogen (secondary N) is 1. The number of piperidine rings is 1. The van der Waals surface area contributed by atoms with Crippen molar-refractivity contribution >= 4 is 27.6 Å². The van der Waals surface area contributed by atoms with Gasteiger partial charge in [-0.05, 0) is 76.9 Å². The Labute approximate surface area is 178 Å². The first kappa shape index (κ1) is 22.7. The van der Waals surface area contributed by atoms with Crippen LogP contribution in [0.1, 0.15) is 39.5 Å². The fourth-order valence-corrected chi connectivity index (χ4v) is 5.50. The van der Waals surface area contributed by atoms with E-state index in [1.54, 1.807) is 31.2 Å². The van der Waals surface area contributed by atoms with Crippen LogP contribution in [0, 0.1) is 5.92 Å². The van der Waals surface area contributed by atoms with Crippen molar-refractivity contribution in [3.8, 4) is 0 Å². The van der Waals surface area contributed by atoms with Crippen LogP contribution >= 0.6 is 0 Å². The Kier molecular flexibility index (Phi) is 7.49. The number of ether oxygens (including phenoxy) is 1. The second kappa shape index (κ2) is 9.89. The Hall–Kier alpha value is -1.97. The molecular formula is C21H31N3O5S. The number of anilines is 1. The van der Waals surface area contributed by atoms with Crippen molar-refractivity contribution in [1.29, 1.82) is 0 Å². The van der Waals surface area contributed by atoms with Crippen LogP contribution in [0.3, 0.4) is 0 Å². The maximum Gasteiger partial charge on any atom is 0.309 e. The zero-order valence-corrected chi connectivity index (χ0v) is 18.5. The number of carbonyl (C=O) groups is 2. The lowest BCUT2D eigenvalue weighted by molar-refractivity contribution is -0.149. The fourth-order valence-electron chi connectivity index (χ4n) is 3.98. The van der Waals surface area contributed by atoms with E-state index < -0.39 is 10.0 Å². The van der Waals surface area contributed by atoms with E-state index in [1.165, 1.54) is 4.31 Å². The van der Waals surface area contributed by atoms with Gasteiger partial charge in [0.15, 0.2) is 0 Å². The average Bonchev–Trinajstić information content (AvgIpc) is 3.30. The van der Waals surface area contributed by atoms with Gasteiger partial charge in [0.05, 0.1) is 23.5 Å². The van der Waals surface area contributed by atoms with E-state index in [-0.39, 0.29) is 28.7 Å². The molecule has 2 saturated heterocycles. The van der Waals surface area contributed by atoms with Gasteiger partial charge in [0.25, 0.3) is 0 Å². The van der Waals surface area contributed by atoms with Crippen molar-refractivity contribution in [1.82, 2.24) is 9.21 Å².